The molecule has 1 aromatic carbocycles. The fourth-order valence-electron chi connectivity index (χ4n) is 2.35. The number of hydrogen-bond acceptors (Lipinski definition) is 3. The molecule has 0 radical (unpaired) electrons. The van der Waals surface area contributed by atoms with E-state index in [0.29, 0.717) is 24.2 Å². The van der Waals surface area contributed by atoms with Crippen LogP contribution in [0.1, 0.15) is 28.9 Å². The van der Waals surface area contributed by atoms with E-state index in [0.717, 1.165) is 5.56 Å². The van der Waals surface area contributed by atoms with Crippen LogP contribution in [0.15, 0.2) is 36.8 Å². The summed E-state index contributed by atoms with van der Waals surface area (Å²) in [5.41, 5.74) is 1.02. The lowest BCUT2D eigenvalue weighted by atomic mass is 9.96. The fourth-order valence-corrected chi connectivity index (χ4v) is 2.35. The van der Waals surface area contributed by atoms with Crippen LogP contribution in [0, 0.1) is 0 Å². The summed E-state index contributed by atoms with van der Waals surface area (Å²) in [5.74, 6) is -1.07. The van der Waals surface area contributed by atoms with Gasteiger partial charge in [-0.05, 0) is 30.5 Å². The van der Waals surface area contributed by atoms with Crippen LogP contribution >= 0.6 is 0 Å². The van der Waals surface area contributed by atoms with E-state index < -0.39 is 11.4 Å². The number of carbonyl (C=O) groups excluding carboxylic acids is 1. The molecule has 1 saturated carbocycles. The van der Waals surface area contributed by atoms with Gasteiger partial charge in [0.25, 0.3) is 5.91 Å². The van der Waals surface area contributed by atoms with Crippen LogP contribution in [0.3, 0.4) is 0 Å². The van der Waals surface area contributed by atoms with Gasteiger partial charge in [-0.2, -0.15) is 0 Å². The van der Waals surface area contributed by atoms with Gasteiger partial charge in [0.05, 0.1) is 11.7 Å². The first-order valence-electron chi connectivity index (χ1n) is 6.64. The molecule has 0 saturated heterocycles. The summed E-state index contributed by atoms with van der Waals surface area (Å²) in [6.45, 7) is 0. The van der Waals surface area contributed by atoms with E-state index in [-0.39, 0.29) is 5.91 Å². The zero-order chi connectivity index (χ0) is 15.0. The molecule has 6 heteroatoms. The minimum Gasteiger partial charge on any atom is -0.481 e. The van der Waals surface area contributed by atoms with Crippen molar-refractivity contribution >= 4 is 17.6 Å². The van der Waals surface area contributed by atoms with Gasteiger partial charge in [-0.1, -0.05) is 12.1 Å². The van der Waals surface area contributed by atoms with Crippen molar-refractivity contribution in [3.63, 3.8) is 0 Å². The Bertz CT molecular complexity index is 699. The van der Waals surface area contributed by atoms with Gasteiger partial charge in [0, 0.05) is 18.9 Å². The lowest BCUT2D eigenvalue weighted by Gasteiger charge is -2.11. The summed E-state index contributed by atoms with van der Waals surface area (Å²) in [6.07, 6.45) is 4.53. The Kier molecular flexibility index (Phi) is 3.01. The molecule has 0 aliphatic heterocycles. The van der Waals surface area contributed by atoms with Crippen LogP contribution in [0.2, 0.25) is 0 Å². The molecule has 0 atom stereocenters. The fraction of sp³-hybridized carbons (Fsp3) is 0.267. The average Bonchev–Trinajstić information content (AvgIpc) is 3.16. The molecule has 2 N–H and O–H groups in total. The number of aryl methyl sites for hydroxylation is 1. The third-order valence-electron chi connectivity index (χ3n) is 3.79. The van der Waals surface area contributed by atoms with E-state index in [1.807, 2.05) is 0 Å². The quantitative estimate of drug-likeness (QED) is 0.897. The van der Waals surface area contributed by atoms with Crippen LogP contribution in [0.4, 0.5) is 5.69 Å². The van der Waals surface area contributed by atoms with Crippen LogP contribution in [-0.2, 0) is 17.3 Å². The number of rotatable bonds is 4. The van der Waals surface area contributed by atoms with E-state index in [9.17, 15) is 14.7 Å². The predicted octanol–water partition coefficient (Wildman–Crippen LogP) is 1.79. The Morgan fingerprint density at radius 3 is 2.43 bits per heavy atom. The number of imidazole rings is 1. The number of hydrogen-bond donors (Lipinski definition) is 2. The Hall–Kier alpha value is -2.63. The maximum atomic E-state index is 11.9. The molecular weight excluding hydrogens is 270 g/mol. The molecule has 6 nitrogen and oxygen atoms in total. The number of carbonyl (C=O) groups is 2. The second-order valence-electron chi connectivity index (χ2n) is 5.34. The highest BCUT2D eigenvalue weighted by Crippen LogP contribution is 2.48. The topological polar surface area (TPSA) is 84.2 Å². The Morgan fingerprint density at radius 2 is 1.95 bits per heavy atom. The Morgan fingerprint density at radius 1 is 1.29 bits per heavy atom. The molecule has 2 aromatic rings. The molecule has 0 unspecified atom stereocenters. The zero-order valence-corrected chi connectivity index (χ0v) is 11.5. The highest BCUT2D eigenvalue weighted by Gasteiger charge is 2.51. The molecule has 1 aliphatic rings. The standard InChI is InChI=1S/C15H15N3O3/c1-18-8-12(16-9-18)13(19)17-11-4-2-10(3-5-11)15(6-7-15)14(20)21/h2-5,8-9H,6-7H2,1H3,(H,17,19)(H,20,21). The number of anilines is 1. The van der Waals surface area contributed by atoms with Gasteiger partial charge in [-0.15, -0.1) is 0 Å². The van der Waals surface area contributed by atoms with E-state index in [1.54, 1.807) is 48.4 Å². The van der Waals surface area contributed by atoms with Crippen molar-refractivity contribution in [2.75, 3.05) is 5.32 Å². The van der Waals surface area contributed by atoms with Crippen molar-refractivity contribution in [2.45, 2.75) is 18.3 Å². The third-order valence-corrected chi connectivity index (χ3v) is 3.79. The summed E-state index contributed by atoms with van der Waals surface area (Å²) in [4.78, 5) is 27.2. The second-order valence-corrected chi connectivity index (χ2v) is 5.34. The van der Waals surface area contributed by atoms with E-state index in [1.165, 1.54) is 0 Å². The van der Waals surface area contributed by atoms with Gasteiger partial charge >= 0.3 is 5.97 Å². The number of nitrogens with one attached hydrogen (secondary N) is 1. The SMILES string of the molecule is Cn1cnc(C(=O)Nc2ccc(C3(C(=O)O)CC3)cc2)c1. The number of aliphatic carboxylic acids is 1. The van der Waals surface area contributed by atoms with E-state index in [2.05, 4.69) is 10.3 Å². The monoisotopic (exact) mass is 285 g/mol. The van der Waals surface area contributed by atoms with Gasteiger partial charge in [0.2, 0.25) is 0 Å². The third kappa shape index (κ3) is 2.40. The highest BCUT2D eigenvalue weighted by molar-refractivity contribution is 6.02. The van der Waals surface area contributed by atoms with Crippen molar-refractivity contribution in [2.24, 2.45) is 7.05 Å². The van der Waals surface area contributed by atoms with Crippen LogP contribution in [-0.4, -0.2) is 26.5 Å². The van der Waals surface area contributed by atoms with Gasteiger partial charge in [0.15, 0.2) is 0 Å². The van der Waals surface area contributed by atoms with Crippen LogP contribution < -0.4 is 5.32 Å². The lowest BCUT2D eigenvalue weighted by Crippen LogP contribution is -2.19. The molecule has 3 rings (SSSR count). The van der Waals surface area contributed by atoms with Gasteiger partial charge in [-0.3, -0.25) is 9.59 Å². The first kappa shape index (κ1) is 13.4. The van der Waals surface area contributed by atoms with E-state index in [4.69, 9.17) is 0 Å². The molecule has 1 amide bonds. The molecule has 1 aromatic heterocycles. The molecule has 0 bridgehead atoms. The lowest BCUT2D eigenvalue weighted by molar-refractivity contribution is -0.140. The number of carboxylic acids is 1. The predicted molar refractivity (Wildman–Crippen MR) is 76.2 cm³/mol. The summed E-state index contributed by atoms with van der Waals surface area (Å²) in [6, 6.07) is 6.96. The average molecular weight is 285 g/mol. The minimum absolute atomic E-state index is 0.289. The van der Waals surface area contributed by atoms with E-state index >= 15 is 0 Å². The maximum absolute atomic E-state index is 11.9. The summed E-state index contributed by atoms with van der Waals surface area (Å²) >= 11 is 0. The summed E-state index contributed by atoms with van der Waals surface area (Å²) in [5, 5.41) is 12.0. The molecule has 108 valence electrons. The van der Waals surface area contributed by atoms with Crippen molar-refractivity contribution in [1.82, 2.24) is 9.55 Å². The molecule has 1 heterocycles. The zero-order valence-electron chi connectivity index (χ0n) is 11.5. The number of nitrogens with zero attached hydrogens (tertiary/aromatic N) is 2. The Labute approximate surface area is 121 Å². The van der Waals surface area contributed by atoms with Crippen molar-refractivity contribution in [3.8, 4) is 0 Å². The first-order valence-corrected chi connectivity index (χ1v) is 6.64. The smallest absolute Gasteiger partial charge is 0.314 e. The minimum atomic E-state index is -0.784. The normalized spacial score (nSPS) is 15.5. The van der Waals surface area contributed by atoms with Gasteiger partial charge in [0.1, 0.15) is 5.69 Å². The van der Waals surface area contributed by atoms with Crippen LogP contribution in [0.25, 0.3) is 0 Å². The number of aromatic nitrogens is 2. The molecule has 1 fully saturated rings. The first-order chi connectivity index (χ1) is 10.0. The number of amides is 1. The Balaban J connectivity index is 1.73. The van der Waals surface area contributed by atoms with Crippen molar-refractivity contribution in [1.29, 1.82) is 0 Å². The molecule has 21 heavy (non-hydrogen) atoms. The summed E-state index contributed by atoms with van der Waals surface area (Å²) < 4.78 is 1.70. The molecular formula is C15H15N3O3. The maximum Gasteiger partial charge on any atom is 0.314 e. The second kappa shape index (κ2) is 4.73. The van der Waals surface area contributed by atoms with Crippen LogP contribution in [0.5, 0.6) is 0 Å². The molecule has 1 aliphatic carbocycles. The van der Waals surface area contributed by atoms with Gasteiger partial charge in [-0.25, -0.2) is 4.98 Å². The van der Waals surface area contributed by atoms with Crippen molar-refractivity contribution < 1.29 is 14.7 Å². The summed E-state index contributed by atoms with van der Waals surface area (Å²) in [7, 11) is 1.79. The molecule has 0 spiro atoms. The largest absolute Gasteiger partial charge is 0.481 e. The van der Waals surface area contributed by atoms with Crippen molar-refractivity contribution in [3.05, 3.63) is 48.0 Å². The number of carboxylic acid groups (broad SMARTS) is 1. The number of benzene rings is 1. The highest BCUT2D eigenvalue weighted by atomic mass is 16.4. The van der Waals surface area contributed by atoms with Gasteiger partial charge < -0.3 is 15.0 Å².